The second-order valence-electron chi connectivity index (χ2n) is 4.33. The van der Waals surface area contributed by atoms with Crippen LogP contribution in [-0.2, 0) is 13.0 Å². The lowest BCUT2D eigenvalue weighted by molar-refractivity contribution is 0.729. The number of nitrogens with zero attached hydrogens (tertiary/aromatic N) is 2. The fourth-order valence-corrected chi connectivity index (χ4v) is 3.63. The molecule has 0 atom stereocenters. The number of aromatic nitrogens is 1. The Morgan fingerprint density at radius 3 is 3.18 bits per heavy atom. The lowest BCUT2D eigenvalue weighted by atomic mass is 10.1. The van der Waals surface area contributed by atoms with Crippen molar-refractivity contribution in [3.63, 3.8) is 0 Å². The first-order valence-corrected chi connectivity index (χ1v) is 7.33. The van der Waals surface area contributed by atoms with E-state index in [1.807, 2.05) is 17.5 Å². The summed E-state index contributed by atoms with van der Waals surface area (Å²) in [5.41, 5.74) is 2.70. The minimum atomic E-state index is 0.994. The first-order valence-electron chi connectivity index (χ1n) is 5.66. The highest BCUT2D eigenvalue weighted by atomic mass is 79.9. The van der Waals surface area contributed by atoms with E-state index in [0.717, 1.165) is 29.8 Å². The summed E-state index contributed by atoms with van der Waals surface area (Å²) in [7, 11) is 0. The Kier molecular flexibility index (Phi) is 2.92. The van der Waals surface area contributed by atoms with Crippen molar-refractivity contribution in [3.05, 3.63) is 44.2 Å². The standard InChI is InChI=1S/C13H13BrN2S/c1-9-6-11(14)7-15-13(9)16-4-2-12-10(8-16)3-5-17-12/h3,5-7H,2,4,8H2,1H3. The van der Waals surface area contributed by atoms with Crippen LogP contribution in [0.5, 0.6) is 0 Å². The van der Waals surface area contributed by atoms with Crippen LogP contribution in [0, 0.1) is 6.92 Å². The minimum absolute atomic E-state index is 0.994. The van der Waals surface area contributed by atoms with Crippen molar-refractivity contribution in [1.29, 1.82) is 0 Å². The molecule has 0 radical (unpaired) electrons. The zero-order chi connectivity index (χ0) is 11.8. The Morgan fingerprint density at radius 2 is 2.35 bits per heavy atom. The van der Waals surface area contributed by atoms with E-state index in [-0.39, 0.29) is 0 Å². The van der Waals surface area contributed by atoms with Gasteiger partial charge < -0.3 is 4.90 Å². The smallest absolute Gasteiger partial charge is 0.131 e. The van der Waals surface area contributed by atoms with Crippen molar-refractivity contribution >= 4 is 33.1 Å². The van der Waals surface area contributed by atoms with Crippen LogP contribution in [0.4, 0.5) is 5.82 Å². The van der Waals surface area contributed by atoms with Gasteiger partial charge in [-0.25, -0.2) is 4.98 Å². The second kappa shape index (κ2) is 4.42. The van der Waals surface area contributed by atoms with E-state index in [9.17, 15) is 0 Å². The van der Waals surface area contributed by atoms with Crippen molar-refractivity contribution in [2.24, 2.45) is 0 Å². The summed E-state index contributed by atoms with van der Waals surface area (Å²) in [4.78, 5) is 8.45. The van der Waals surface area contributed by atoms with Gasteiger partial charge in [-0.3, -0.25) is 0 Å². The van der Waals surface area contributed by atoms with Crippen molar-refractivity contribution in [3.8, 4) is 0 Å². The third-order valence-electron chi connectivity index (χ3n) is 3.12. The van der Waals surface area contributed by atoms with Gasteiger partial charge in [0.2, 0.25) is 0 Å². The summed E-state index contributed by atoms with van der Waals surface area (Å²) < 4.78 is 1.05. The lowest BCUT2D eigenvalue weighted by Crippen LogP contribution is -2.30. The lowest BCUT2D eigenvalue weighted by Gasteiger charge is -2.29. The van der Waals surface area contributed by atoms with Gasteiger partial charge in [0, 0.05) is 28.6 Å². The Hall–Kier alpha value is -0.870. The number of anilines is 1. The van der Waals surface area contributed by atoms with E-state index in [1.165, 1.54) is 16.0 Å². The number of fused-ring (bicyclic) bond motifs is 1. The van der Waals surface area contributed by atoms with Gasteiger partial charge in [0.1, 0.15) is 5.82 Å². The van der Waals surface area contributed by atoms with Crippen LogP contribution in [0.1, 0.15) is 16.0 Å². The van der Waals surface area contributed by atoms with Crippen molar-refractivity contribution in [2.75, 3.05) is 11.4 Å². The van der Waals surface area contributed by atoms with E-state index >= 15 is 0 Å². The summed E-state index contributed by atoms with van der Waals surface area (Å²) in [5.74, 6) is 1.12. The predicted molar refractivity (Wildman–Crippen MR) is 75.7 cm³/mol. The predicted octanol–water partition coefficient (Wildman–Crippen LogP) is 3.78. The molecule has 0 amide bonds. The number of hydrogen-bond donors (Lipinski definition) is 0. The fourth-order valence-electron chi connectivity index (χ4n) is 2.29. The van der Waals surface area contributed by atoms with E-state index in [4.69, 9.17) is 0 Å². The first-order chi connectivity index (χ1) is 8.24. The monoisotopic (exact) mass is 308 g/mol. The average Bonchev–Trinajstić information content (AvgIpc) is 2.75. The maximum absolute atomic E-state index is 4.54. The minimum Gasteiger partial charge on any atom is -0.352 e. The zero-order valence-corrected chi connectivity index (χ0v) is 12.0. The van der Waals surface area contributed by atoms with Crippen LogP contribution in [0.25, 0.3) is 0 Å². The molecule has 0 spiro atoms. The topological polar surface area (TPSA) is 16.1 Å². The fraction of sp³-hybridized carbons (Fsp3) is 0.308. The molecule has 1 aliphatic heterocycles. The Morgan fingerprint density at radius 1 is 1.47 bits per heavy atom. The van der Waals surface area contributed by atoms with Crippen LogP contribution < -0.4 is 4.90 Å². The molecule has 88 valence electrons. The quantitative estimate of drug-likeness (QED) is 0.797. The largest absolute Gasteiger partial charge is 0.352 e. The number of aryl methyl sites for hydroxylation is 1. The SMILES string of the molecule is Cc1cc(Br)cnc1N1CCc2sccc2C1. The normalized spacial score (nSPS) is 14.8. The molecule has 3 heterocycles. The van der Waals surface area contributed by atoms with Crippen molar-refractivity contribution in [2.45, 2.75) is 19.9 Å². The number of hydrogen-bond acceptors (Lipinski definition) is 3. The van der Waals surface area contributed by atoms with Gasteiger partial charge in [0.05, 0.1) is 0 Å². The number of thiophene rings is 1. The van der Waals surface area contributed by atoms with Crippen LogP contribution in [0.3, 0.4) is 0 Å². The molecular formula is C13H13BrN2S. The van der Waals surface area contributed by atoms with Crippen molar-refractivity contribution < 1.29 is 0 Å². The van der Waals surface area contributed by atoms with Gasteiger partial charge >= 0.3 is 0 Å². The molecule has 0 bridgehead atoms. The molecule has 0 unspecified atom stereocenters. The summed E-state index contributed by atoms with van der Waals surface area (Å²) in [6.07, 6.45) is 3.02. The molecule has 0 saturated heterocycles. The van der Waals surface area contributed by atoms with E-state index < -0.39 is 0 Å². The zero-order valence-electron chi connectivity index (χ0n) is 9.61. The molecule has 2 aromatic heterocycles. The molecule has 0 saturated carbocycles. The molecule has 0 aromatic carbocycles. The maximum Gasteiger partial charge on any atom is 0.131 e. The molecule has 3 rings (SSSR count). The molecule has 4 heteroatoms. The molecular weight excluding hydrogens is 296 g/mol. The van der Waals surface area contributed by atoms with Gasteiger partial charge in [-0.2, -0.15) is 0 Å². The van der Waals surface area contributed by atoms with Gasteiger partial charge in [-0.15, -0.1) is 11.3 Å². The van der Waals surface area contributed by atoms with Gasteiger partial charge in [0.15, 0.2) is 0 Å². The van der Waals surface area contributed by atoms with Crippen molar-refractivity contribution in [1.82, 2.24) is 4.98 Å². The molecule has 2 nitrogen and oxygen atoms in total. The molecule has 0 aliphatic carbocycles. The van der Waals surface area contributed by atoms with Crippen LogP contribution in [0.15, 0.2) is 28.2 Å². The number of halogens is 1. The summed E-state index contributed by atoms with van der Waals surface area (Å²) in [6.45, 7) is 4.19. The van der Waals surface area contributed by atoms with E-state index in [1.54, 1.807) is 0 Å². The highest BCUT2D eigenvalue weighted by Crippen LogP contribution is 2.29. The van der Waals surface area contributed by atoms with E-state index in [2.05, 4.69) is 50.3 Å². The van der Waals surface area contributed by atoms with Crippen LogP contribution >= 0.6 is 27.3 Å². The molecule has 0 fully saturated rings. The summed E-state index contributed by atoms with van der Waals surface area (Å²) in [5, 5.41) is 2.19. The van der Waals surface area contributed by atoms with Gasteiger partial charge in [-0.05, 0) is 57.9 Å². The van der Waals surface area contributed by atoms with Gasteiger partial charge in [0.25, 0.3) is 0 Å². The molecule has 17 heavy (non-hydrogen) atoms. The second-order valence-corrected chi connectivity index (χ2v) is 6.25. The third kappa shape index (κ3) is 2.11. The highest BCUT2D eigenvalue weighted by molar-refractivity contribution is 9.10. The molecule has 0 N–H and O–H groups in total. The van der Waals surface area contributed by atoms with Crippen LogP contribution in [-0.4, -0.2) is 11.5 Å². The third-order valence-corrected chi connectivity index (χ3v) is 4.58. The molecule has 1 aliphatic rings. The van der Waals surface area contributed by atoms with Crippen LogP contribution in [0.2, 0.25) is 0 Å². The van der Waals surface area contributed by atoms with Gasteiger partial charge in [-0.1, -0.05) is 0 Å². The van der Waals surface area contributed by atoms with E-state index in [0.29, 0.717) is 0 Å². The summed E-state index contributed by atoms with van der Waals surface area (Å²) >= 11 is 5.34. The highest BCUT2D eigenvalue weighted by Gasteiger charge is 2.19. The average molecular weight is 309 g/mol. The Balaban J connectivity index is 1.91. The first kappa shape index (κ1) is 11.2. The Labute approximate surface area is 113 Å². The Bertz CT molecular complexity index is 550. The maximum atomic E-state index is 4.54. The number of pyridine rings is 1. The summed E-state index contributed by atoms with van der Waals surface area (Å²) in [6, 6.07) is 4.37. The number of rotatable bonds is 1. The molecule has 2 aromatic rings.